The lowest BCUT2D eigenvalue weighted by atomic mass is 9.70. The van der Waals surface area contributed by atoms with Gasteiger partial charge in [0.2, 0.25) is 0 Å². The van der Waals surface area contributed by atoms with Crippen LogP contribution in [0.1, 0.15) is 121 Å². The zero-order valence-corrected chi connectivity index (χ0v) is 31.2. The second-order valence-corrected chi connectivity index (χ2v) is 15.9. The minimum atomic E-state index is -2.17. The van der Waals surface area contributed by atoms with Gasteiger partial charge in [0.1, 0.15) is 17.3 Å². The van der Waals surface area contributed by atoms with E-state index in [2.05, 4.69) is 0 Å². The van der Waals surface area contributed by atoms with E-state index in [1.165, 1.54) is 6.92 Å². The van der Waals surface area contributed by atoms with Crippen molar-refractivity contribution < 1.29 is 54.4 Å². The lowest BCUT2D eigenvalue weighted by Crippen LogP contribution is -2.64. The van der Waals surface area contributed by atoms with Gasteiger partial charge in [-0.25, -0.2) is 0 Å². The Morgan fingerprint density at radius 3 is 2.04 bits per heavy atom. The normalized spacial score (nSPS) is 44.1. The Labute approximate surface area is 287 Å². The predicted molar refractivity (Wildman–Crippen MR) is 180 cm³/mol. The van der Waals surface area contributed by atoms with Crippen LogP contribution in [0, 0.1) is 47.3 Å². The minimum Gasteiger partial charge on any atom is -0.481 e. The number of carboxylic acid groups (broad SMARTS) is 1. The third-order valence-corrected chi connectivity index (χ3v) is 12.9. The lowest BCUT2D eigenvalue weighted by Gasteiger charge is -2.52. The highest BCUT2D eigenvalue weighted by Crippen LogP contribution is 2.56. The molecular weight excluding hydrogens is 620 g/mol. The number of hydrogen-bond acceptors (Lipinski definition) is 10. The predicted octanol–water partition coefficient (Wildman–Crippen LogP) is 4.28. The molecule has 0 radical (unpaired) electrons. The highest BCUT2D eigenvalue weighted by Gasteiger charge is 2.67. The number of ether oxygens (including phenoxy) is 3. The van der Waals surface area contributed by atoms with Crippen LogP contribution in [0.25, 0.3) is 0 Å². The fraction of sp³-hybridized carbons (Fsp3) is 0.946. The number of aliphatic hydroxyl groups excluding tert-OH is 3. The van der Waals surface area contributed by atoms with Crippen LogP contribution in [0.15, 0.2) is 0 Å². The Morgan fingerprint density at radius 1 is 0.938 bits per heavy atom. The van der Waals surface area contributed by atoms with Crippen molar-refractivity contribution in [2.24, 2.45) is 47.3 Å². The number of carbonyl (C=O) groups is 2. The molecule has 11 nitrogen and oxygen atoms in total. The van der Waals surface area contributed by atoms with Crippen LogP contribution in [-0.4, -0.2) is 95.7 Å². The molecule has 0 aromatic carbocycles. The molecule has 3 aliphatic rings. The third-order valence-electron chi connectivity index (χ3n) is 12.9. The molecule has 3 aliphatic heterocycles. The van der Waals surface area contributed by atoms with Gasteiger partial charge in [-0.2, -0.15) is 0 Å². The van der Waals surface area contributed by atoms with E-state index in [9.17, 15) is 40.2 Å². The summed E-state index contributed by atoms with van der Waals surface area (Å²) >= 11 is 0. The summed E-state index contributed by atoms with van der Waals surface area (Å²) in [6.45, 7) is 19.7. The zero-order valence-electron chi connectivity index (χ0n) is 31.2. The Morgan fingerprint density at radius 2 is 1.54 bits per heavy atom. The largest absolute Gasteiger partial charge is 0.481 e. The summed E-state index contributed by atoms with van der Waals surface area (Å²) in [7, 11) is 0. The SMILES string of the molecule is CCC[C@H](O)[C@@]1(CC)C[C@@H](C)[C@](O)([C@]2(C)C[C@H](C)[C@@H]([C@@H](CC)C(=O)[C@@H](C)[C@@H](O)[C@H](C)[C@H]3O[C@@](O)([C@H](C)C(=O)O)[C@@H](C)[C@H](O)[C@@H]3CC)O2)O1. The highest BCUT2D eigenvalue weighted by molar-refractivity contribution is 5.84. The van der Waals surface area contributed by atoms with E-state index in [0.717, 1.165) is 6.42 Å². The fourth-order valence-electron chi connectivity index (χ4n) is 9.45. The zero-order chi connectivity index (χ0) is 36.7. The molecule has 3 heterocycles. The first-order chi connectivity index (χ1) is 22.2. The van der Waals surface area contributed by atoms with E-state index < -0.39 is 94.8 Å². The second-order valence-electron chi connectivity index (χ2n) is 15.9. The summed E-state index contributed by atoms with van der Waals surface area (Å²) in [6.07, 6.45) is -0.861. The van der Waals surface area contributed by atoms with Crippen molar-refractivity contribution in [2.45, 2.75) is 174 Å². The van der Waals surface area contributed by atoms with Gasteiger partial charge in [-0.3, -0.25) is 9.59 Å². The van der Waals surface area contributed by atoms with Crippen molar-refractivity contribution in [1.82, 2.24) is 0 Å². The molecule has 0 spiro atoms. The summed E-state index contributed by atoms with van der Waals surface area (Å²) < 4.78 is 19.3. The van der Waals surface area contributed by atoms with Crippen LogP contribution in [0.3, 0.4) is 0 Å². The first kappa shape index (κ1) is 41.2. The average Bonchev–Trinajstić information content (AvgIpc) is 3.51. The number of rotatable bonds is 15. The Kier molecular flexibility index (Phi) is 13.1. The second kappa shape index (κ2) is 15.2. The van der Waals surface area contributed by atoms with E-state index in [4.69, 9.17) is 14.2 Å². The maximum absolute atomic E-state index is 14.2. The topological polar surface area (TPSA) is 183 Å². The van der Waals surface area contributed by atoms with Crippen molar-refractivity contribution in [3.05, 3.63) is 0 Å². The Hall–Kier alpha value is -1.18. The van der Waals surface area contributed by atoms with Gasteiger partial charge in [-0.1, -0.05) is 68.7 Å². The van der Waals surface area contributed by atoms with Crippen LogP contribution in [0.4, 0.5) is 0 Å². The molecule has 17 atom stereocenters. The van der Waals surface area contributed by atoms with E-state index in [1.54, 1.807) is 20.8 Å². The van der Waals surface area contributed by atoms with Crippen LogP contribution in [0.5, 0.6) is 0 Å². The monoisotopic (exact) mass is 686 g/mol. The lowest BCUT2D eigenvalue weighted by molar-refractivity contribution is -0.346. The van der Waals surface area contributed by atoms with E-state index in [1.807, 2.05) is 48.5 Å². The maximum atomic E-state index is 14.2. The molecule has 6 N–H and O–H groups in total. The fourth-order valence-corrected chi connectivity index (χ4v) is 9.45. The highest BCUT2D eigenvalue weighted by atomic mass is 16.7. The Bertz CT molecular complexity index is 1120. The summed E-state index contributed by atoms with van der Waals surface area (Å²) in [5, 5.41) is 67.2. The molecule has 0 bridgehead atoms. The van der Waals surface area contributed by atoms with Crippen molar-refractivity contribution in [2.75, 3.05) is 0 Å². The van der Waals surface area contributed by atoms with Crippen LogP contribution in [0.2, 0.25) is 0 Å². The van der Waals surface area contributed by atoms with E-state index >= 15 is 0 Å². The van der Waals surface area contributed by atoms with Crippen molar-refractivity contribution in [1.29, 1.82) is 0 Å². The van der Waals surface area contributed by atoms with Gasteiger partial charge in [0, 0.05) is 35.5 Å². The molecule has 48 heavy (non-hydrogen) atoms. The molecule has 0 aromatic rings. The summed E-state index contributed by atoms with van der Waals surface area (Å²) in [5.74, 6) is -10.8. The first-order valence-electron chi connectivity index (χ1n) is 18.5. The number of carboxylic acids is 1. The van der Waals surface area contributed by atoms with Gasteiger partial charge < -0.3 is 44.8 Å². The average molecular weight is 687 g/mol. The molecule has 280 valence electrons. The van der Waals surface area contributed by atoms with Crippen molar-refractivity contribution in [3.63, 3.8) is 0 Å². The number of hydrogen-bond donors (Lipinski definition) is 6. The molecular formula is C37H66O11. The number of Topliss-reactive ketones (excluding diaryl/α,β-unsaturated/α-hetero) is 1. The number of aliphatic carboxylic acids is 1. The number of carbonyl (C=O) groups excluding carboxylic acids is 1. The van der Waals surface area contributed by atoms with Gasteiger partial charge in [-0.05, 0) is 58.3 Å². The molecule has 11 heteroatoms. The van der Waals surface area contributed by atoms with Crippen molar-refractivity contribution in [3.8, 4) is 0 Å². The number of ketones is 1. The van der Waals surface area contributed by atoms with Crippen LogP contribution >= 0.6 is 0 Å². The molecule has 3 fully saturated rings. The Balaban J connectivity index is 1.84. The molecule has 3 saturated heterocycles. The van der Waals surface area contributed by atoms with Gasteiger partial charge in [-0.15, -0.1) is 0 Å². The molecule has 0 saturated carbocycles. The van der Waals surface area contributed by atoms with Crippen LogP contribution in [-0.2, 0) is 23.8 Å². The molecule has 0 aliphatic carbocycles. The maximum Gasteiger partial charge on any atom is 0.311 e. The quantitative estimate of drug-likeness (QED) is 0.145. The number of aliphatic hydroxyl groups is 5. The van der Waals surface area contributed by atoms with Crippen molar-refractivity contribution >= 4 is 11.8 Å². The molecule has 3 rings (SSSR count). The van der Waals surface area contributed by atoms with Gasteiger partial charge in [0.15, 0.2) is 11.6 Å². The van der Waals surface area contributed by atoms with Gasteiger partial charge in [0.25, 0.3) is 0 Å². The summed E-state index contributed by atoms with van der Waals surface area (Å²) in [5.41, 5.74) is -2.05. The third kappa shape index (κ3) is 6.88. The van der Waals surface area contributed by atoms with Gasteiger partial charge >= 0.3 is 5.97 Å². The van der Waals surface area contributed by atoms with E-state index in [-0.39, 0.29) is 17.6 Å². The van der Waals surface area contributed by atoms with E-state index in [0.29, 0.717) is 38.5 Å². The molecule has 0 aromatic heterocycles. The standard InChI is InChI=1S/C37H66O11/c1-12-16-27(38)35(15-4)18-20(6)37(45,48-35)34(11)17-19(5)31(46-34)25(13-2)29(40)21(7)28(39)22(8)32-26(14-3)30(41)23(9)36(44,47-32)24(10)33(42)43/h19-28,30-32,38-39,41,44-45H,12-18H2,1-11H3,(H,42,43)/t19-,20+,21-,22-,23-,24+,25-,26-,27-,28+,30-,31-,32+,34-,35+,36+,37+/m0/s1. The first-order valence-corrected chi connectivity index (χ1v) is 18.5. The van der Waals surface area contributed by atoms with Crippen LogP contribution < -0.4 is 0 Å². The summed E-state index contributed by atoms with van der Waals surface area (Å²) in [4.78, 5) is 26.1. The summed E-state index contributed by atoms with van der Waals surface area (Å²) in [6, 6.07) is 0. The van der Waals surface area contributed by atoms with Gasteiger partial charge in [0.05, 0.1) is 36.1 Å². The molecule has 0 amide bonds. The minimum absolute atomic E-state index is 0.127. The molecule has 0 unspecified atom stereocenters. The smallest absolute Gasteiger partial charge is 0.311 e.